The van der Waals surface area contributed by atoms with Gasteiger partial charge >= 0.3 is 0 Å². The van der Waals surface area contributed by atoms with Crippen molar-refractivity contribution in [3.05, 3.63) is 23.5 Å². The molecule has 0 saturated carbocycles. The largest absolute Gasteiger partial charge is 0.244 e. The monoisotopic (exact) mass is 274 g/mol. The molecular weight excluding hydrogens is 260 g/mol. The summed E-state index contributed by atoms with van der Waals surface area (Å²) < 4.78 is 26.3. The van der Waals surface area contributed by atoms with Crippen LogP contribution in [-0.4, -0.2) is 30.3 Å². The highest BCUT2D eigenvalue weighted by molar-refractivity contribution is 7.89. The molecular formula is C11H15ClN2O2S. The fraction of sp³-hybridized carbons (Fsp3) is 0.545. The fourth-order valence-electron chi connectivity index (χ4n) is 2.11. The Hall–Kier alpha value is -0.650. The minimum atomic E-state index is -3.42. The molecule has 17 heavy (non-hydrogen) atoms. The maximum absolute atomic E-state index is 12.4. The standard InChI is InChI=1S/C11H15ClN2O2S/c1-9-4-2-3-7-14(9)17(15,16)10-5-6-13-11(12)8-10/h5-6,8-9H,2-4,7H2,1H3. The number of sulfonamides is 1. The summed E-state index contributed by atoms with van der Waals surface area (Å²) in [4.78, 5) is 4.03. The van der Waals surface area contributed by atoms with E-state index in [9.17, 15) is 8.42 Å². The molecule has 2 rings (SSSR count). The van der Waals surface area contributed by atoms with Crippen molar-refractivity contribution in [2.75, 3.05) is 6.54 Å². The second kappa shape index (κ2) is 4.92. The zero-order valence-electron chi connectivity index (χ0n) is 9.63. The number of piperidine rings is 1. The quantitative estimate of drug-likeness (QED) is 0.778. The van der Waals surface area contributed by atoms with E-state index in [1.807, 2.05) is 6.92 Å². The predicted molar refractivity (Wildman–Crippen MR) is 66.5 cm³/mol. The molecule has 1 saturated heterocycles. The topological polar surface area (TPSA) is 50.3 Å². The lowest BCUT2D eigenvalue weighted by atomic mass is 10.1. The van der Waals surface area contributed by atoms with Crippen LogP contribution in [0.25, 0.3) is 0 Å². The van der Waals surface area contributed by atoms with Crippen molar-refractivity contribution >= 4 is 21.6 Å². The Bertz CT molecular complexity index is 504. The van der Waals surface area contributed by atoms with Crippen molar-refractivity contribution < 1.29 is 8.42 Å². The van der Waals surface area contributed by atoms with Crippen molar-refractivity contribution in [3.8, 4) is 0 Å². The molecule has 0 aliphatic carbocycles. The Morgan fingerprint density at radius 3 is 2.88 bits per heavy atom. The van der Waals surface area contributed by atoms with Crippen LogP contribution in [0.1, 0.15) is 26.2 Å². The van der Waals surface area contributed by atoms with E-state index in [4.69, 9.17) is 11.6 Å². The number of nitrogens with zero attached hydrogens (tertiary/aromatic N) is 2. The van der Waals surface area contributed by atoms with Gasteiger partial charge in [0, 0.05) is 18.8 Å². The van der Waals surface area contributed by atoms with Gasteiger partial charge in [-0.2, -0.15) is 4.31 Å². The van der Waals surface area contributed by atoms with E-state index < -0.39 is 10.0 Å². The van der Waals surface area contributed by atoms with Crippen LogP contribution in [0, 0.1) is 0 Å². The molecule has 0 amide bonds. The van der Waals surface area contributed by atoms with E-state index >= 15 is 0 Å². The number of pyridine rings is 1. The summed E-state index contributed by atoms with van der Waals surface area (Å²) >= 11 is 5.73. The third-order valence-corrected chi connectivity index (χ3v) is 5.26. The highest BCUT2D eigenvalue weighted by Crippen LogP contribution is 2.25. The predicted octanol–water partition coefficient (Wildman–Crippen LogP) is 2.30. The Balaban J connectivity index is 2.35. The minimum Gasteiger partial charge on any atom is -0.244 e. The number of halogens is 1. The van der Waals surface area contributed by atoms with Crippen LogP contribution in [0.5, 0.6) is 0 Å². The molecule has 0 bridgehead atoms. The number of hydrogen-bond acceptors (Lipinski definition) is 3. The average Bonchev–Trinajstić information content (AvgIpc) is 2.29. The van der Waals surface area contributed by atoms with E-state index in [-0.39, 0.29) is 16.1 Å². The highest BCUT2D eigenvalue weighted by Gasteiger charge is 2.30. The van der Waals surface area contributed by atoms with Crippen LogP contribution in [0.3, 0.4) is 0 Å². The smallest absolute Gasteiger partial charge is 0.243 e. The van der Waals surface area contributed by atoms with Crippen molar-refractivity contribution in [2.45, 2.75) is 37.1 Å². The van der Waals surface area contributed by atoms with Gasteiger partial charge in [0.1, 0.15) is 5.15 Å². The molecule has 0 spiro atoms. The van der Waals surface area contributed by atoms with Crippen LogP contribution in [-0.2, 0) is 10.0 Å². The lowest BCUT2D eigenvalue weighted by Gasteiger charge is -2.32. The van der Waals surface area contributed by atoms with Gasteiger partial charge in [-0.05, 0) is 31.9 Å². The molecule has 1 aromatic rings. The lowest BCUT2D eigenvalue weighted by Crippen LogP contribution is -2.41. The molecule has 1 aromatic heterocycles. The maximum atomic E-state index is 12.4. The highest BCUT2D eigenvalue weighted by atomic mass is 35.5. The first-order valence-corrected chi connectivity index (χ1v) is 7.47. The molecule has 6 heteroatoms. The molecule has 0 radical (unpaired) electrons. The molecule has 0 N–H and O–H groups in total. The number of hydrogen-bond donors (Lipinski definition) is 0. The Morgan fingerprint density at radius 2 is 2.24 bits per heavy atom. The molecule has 1 atom stereocenters. The third-order valence-electron chi connectivity index (χ3n) is 3.05. The van der Waals surface area contributed by atoms with Gasteiger partial charge in [0.15, 0.2) is 0 Å². The van der Waals surface area contributed by atoms with Gasteiger partial charge in [-0.15, -0.1) is 0 Å². The van der Waals surface area contributed by atoms with Gasteiger partial charge in [0.25, 0.3) is 0 Å². The van der Waals surface area contributed by atoms with Crippen molar-refractivity contribution in [1.29, 1.82) is 0 Å². The SMILES string of the molecule is CC1CCCCN1S(=O)(=O)c1ccnc(Cl)c1. The minimum absolute atomic E-state index is 0.0562. The Morgan fingerprint density at radius 1 is 1.47 bits per heavy atom. The Kier molecular flexibility index (Phi) is 3.70. The number of rotatable bonds is 2. The summed E-state index contributed by atoms with van der Waals surface area (Å²) in [5.41, 5.74) is 0. The van der Waals surface area contributed by atoms with Crippen molar-refractivity contribution in [3.63, 3.8) is 0 Å². The van der Waals surface area contributed by atoms with Gasteiger partial charge in [-0.3, -0.25) is 0 Å². The van der Waals surface area contributed by atoms with E-state index in [0.717, 1.165) is 19.3 Å². The summed E-state index contributed by atoms with van der Waals surface area (Å²) in [6.45, 7) is 2.53. The van der Waals surface area contributed by atoms with Gasteiger partial charge in [-0.25, -0.2) is 13.4 Å². The zero-order valence-corrected chi connectivity index (χ0v) is 11.2. The molecule has 0 aromatic carbocycles. The normalized spacial score (nSPS) is 22.6. The van der Waals surface area contributed by atoms with Crippen LogP contribution in [0.15, 0.2) is 23.2 Å². The van der Waals surface area contributed by atoms with E-state index in [0.29, 0.717) is 6.54 Å². The van der Waals surface area contributed by atoms with Crippen LogP contribution >= 0.6 is 11.6 Å². The lowest BCUT2D eigenvalue weighted by molar-refractivity contribution is 0.268. The van der Waals surface area contributed by atoms with Crippen molar-refractivity contribution in [2.24, 2.45) is 0 Å². The molecule has 4 nitrogen and oxygen atoms in total. The summed E-state index contributed by atoms with van der Waals surface area (Å²) in [6, 6.07) is 2.95. The van der Waals surface area contributed by atoms with Crippen LogP contribution in [0.4, 0.5) is 0 Å². The second-order valence-corrected chi connectivity index (χ2v) is 6.55. The third kappa shape index (κ3) is 2.61. The zero-order chi connectivity index (χ0) is 12.5. The van der Waals surface area contributed by atoms with E-state index in [1.165, 1.54) is 18.3 Å². The molecule has 1 aliphatic rings. The molecule has 1 fully saturated rings. The van der Waals surface area contributed by atoms with Gasteiger partial charge in [-0.1, -0.05) is 18.0 Å². The first-order chi connectivity index (χ1) is 8.01. The summed E-state index contributed by atoms with van der Waals surface area (Å²) in [5, 5.41) is 0.204. The molecule has 1 unspecified atom stereocenters. The molecule has 2 heterocycles. The summed E-state index contributed by atoms with van der Waals surface area (Å²) in [7, 11) is -3.42. The fourth-order valence-corrected chi connectivity index (χ4v) is 4.06. The maximum Gasteiger partial charge on any atom is 0.243 e. The number of aromatic nitrogens is 1. The average molecular weight is 275 g/mol. The molecule has 94 valence electrons. The second-order valence-electron chi connectivity index (χ2n) is 4.27. The Labute approximate surface area is 107 Å². The van der Waals surface area contributed by atoms with Gasteiger partial charge in [0.05, 0.1) is 4.90 Å². The van der Waals surface area contributed by atoms with E-state index in [2.05, 4.69) is 4.98 Å². The van der Waals surface area contributed by atoms with Crippen LogP contribution < -0.4 is 0 Å². The first kappa shape index (κ1) is 12.8. The van der Waals surface area contributed by atoms with Crippen molar-refractivity contribution in [1.82, 2.24) is 9.29 Å². The first-order valence-electron chi connectivity index (χ1n) is 5.65. The molecule has 1 aliphatic heterocycles. The summed E-state index contributed by atoms with van der Waals surface area (Å²) in [6.07, 6.45) is 4.34. The van der Waals surface area contributed by atoms with Gasteiger partial charge in [0.2, 0.25) is 10.0 Å². The van der Waals surface area contributed by atoms with E-state index in [1.54, 1.807) is 4.31 Å². The van der Waals surface area contributed by atoms with Crippen LogP contribution in [0.2, 0.25) is 5.15 Å². The van der Waals surface area contributed by atoms with Gasteiger partial charge < -0.3 is 0 Å². The summed E-state index contributed by atoms with van der Waals surface area (Å²) in [5.74, 6) is 0.